The molecule has 0 radical (unpaired) electrons. The SMILES string of the molecule is NCCC(=O)N(N)Cc1ccccc1. The van der Waals surface area contributed by atoms with Gasteiger partial charge in [-0.15, -0.1) is 0 Å². The highest BCUT2D eigenvalue weighted by molar-refractivity contribution is 5.75. The van der Waals surface area contributed by atoms with Crippen molar-refractivity contribution in [1.29, 1.82) is 0 Å². The van der Waals surface area contributed by atoms with E-state index in [1.54, 1.807) is 0 Å². The second-order valence-corrected chi connectivity index (χ2v) is 3.05. The van der Waals surface area contributed by atoms with Crippen molar-refractivity contribution in [1.82, 2.24) is 5.01 Å². The molecule has 0 saturated heterocycles. The summed E-state index contributed by atoms with van der Waals surface area (Å²) in [6.07, 6.45) is 0.295. The fourth-order valence-electron chi connectivity index (χ4n) is 1.14. The Kier molecular flexibility index (Phi) is 4.10. The lowest BCUT2D eigenvalue weighted by molar-refractivity contribution is -0.131. The summed E-state index contributed by atoms with van der Waals surface area (Å²) in [6, 6.07) is 9.60. The van der Waals surface area contributed by atoms with Crippen LogP contribution in [0.5, 0.6) is 0 Å². The molecule has 0 fully saturated rings. The van der Waals surface area contributed by atoms with E-state index in [1.165, 1.54) is 5.01 Å². The van der Waals surface area contributed by atoms with Crippen LogP contribution >= 0.6 is 0 Å². The maximum atomic E-state index is 11.3. The minimum atomic E-state index is -0.128. The smallest absolute Gasteiger partial charge is 0.238 e. The number of hydrogen-bond acceptors (Lipinski definition) is 3. The van der Waals surface area contributed by atoms with Crippen LogP contribution in [0.25, 0.3) is 0 Å². The lowest BCUT2D eigenvalue weighted by atomic mass is 10.2. The first kappa shape index (κ1) is 10.7. The summed E-state index contributed by atoms with van der Waals surface area (Å²) in [5, 5.41) is 1.20. The zero-order valence-electron chi connectivity index (χ0n) is 8.02. The van der Waals surface area contributed by atoms with Gasteiger partial charge in [0.15, 0.2) is 0 Å². The van der Waals surface area contributed by atoms with E-state index >= 15 is 0 Å². The highest BCUT2D eigenvalue weighted by atomic mass is 16.2. The molecular weight excluding hydrogens is 178 g/mol. The average molecular weight is 193 g/mol. The van der Waals surface area contributed by atoms with Crippen molar-refractivity contribution in [2.45, 2.75) is 13.0 Å². The second kappa shape index (κ2) is 5.36. The van der Waals surface area contributed by atoms with E-state index in [1.807, 2.05) is 30.3 Å². The van der Waals surface area contributed by atoms with Crippen molar-refractivity contribution >= 4 is 5.91 Å². The third-order valence-corrected chi connectivity index (χ3v) is 1.87. The molecule has 4 nitrogen and oxygen atoms in total. The van der Waals surface area contributed by atoms with E-state index in [0.29, 0.717) is 19.5 Å². The van der Waals surface area contributed by atoms with Crippen molar-refractivity contribution in [3.05, 3.63) is 35.9 Å². The van der Waals surface area contributed by atoms with Crippen LogP contribution in [0.3, 0.4) is 0 Å². The number of amides is 1. The molecule has 0 saturated carbocycles. The maximum absolute atomic E-state index is 11.3. The molecule has 0 aromatic heterocycles. The number of nitrogens with two attached hydrogens (primary N) is 2. The highest BCUT2D eigenvalue weighted by Crippen LogP contribution is 2.01. The molecule has 76 valence electrons. The van der Waals surface area contributed by atoms with Crippen LogP contribution < -0.4 is 11.6 Å². The number of hydrogen-bond donors (Lipinski definition) is 2. The van der Waals surface area contributed by atoms with Crippen LogP contribution in [-0.4, -0.2) is 17.5 Å². The summed E-state index contributed by atoms with van der Waals surface area (Å²) in [6.45, 7) is 0.765. The molecule has 0 aliphatic rings. The van der Waals surface area contributed by atoms with Gasteiger partial charge in [0, 0.05) is 13.0 Å². The molecule has 4 N–H and O–H groups in total. The number of nitrogens with zero attached hydrogens (tertiary/aromatic N) is 1. The lowest BCUT2D eigenvalue weighted by Crippen LogP contribution is -2.37. The van der Waals surface area contributed by atoms with Gasteiger partial charge >= 0.3 is 0 Å². The summed E-state index contributed by atoms with van der Waals surface area (Å²) < 4.78 is 0. The Morgan fingerprint density at radius 3 is 2.50 bits per heavy atom. The zero-order chi connectivity index (χ0) is 10.4. The topological polar surface area (TPSA) is 72.4 Å². The van der Waals surface area contributed by atoms with Crippen molar-refractivity contribution in [2.75, 3.05) is 6.54 Å². The molecule has 1 aromatic rings. The molecule has 1 aromatic carbocycles. The Morgan fingerprint density at radius 1 is 1.29 bits per heavy atom. The molecule has 14 heavy (non-hydrogen) atoms. The summed E-state index contributed by atoms with van der Waals surface area (Å²) >= 11 is 0. The predicted molar refractivity (Wildman–Crippen MR) is 54.9 cm³/mol. The first-order chi connectivity index (χ1) is 6.74. The Morgan fingerprint density at radius 2 is 1.93 bits per heavy atom. The summed E-state index contributed by atoms with van der Waals surface area (Å²) in [5.41, 5.74) is 6.27. The molecule has 1 rings (SSSR count). The summed E-state index contributed by atoms with van der Waals surface area (Å²) in [4.78, 5) is 11.3. The molecule has 1 amide bonds. The molecule has 0 spiro atoms. The largest absolute Gasteiger partial charge is 0.330 e. The number of carbonyl (C=O) groups is 1. The molecular formula is C10H15N3O. The van der Waals surface area contributed by atoms with Crippen LogP contribution in [0.15, 0.2) is 30.3 Å². The highest BCUT2D eigenvalue weighted by Gasteiger charge is 2.07. The average Bonchev–Trinajstić information content (AvgIpc) is 2.19. The first-order valence-electron chi connectivity index (χ1n) is 4.53. The van der Waals surface area contributed by atoms with Gasteiger partial charge in [-0.05, 0) is 5.56 Å². The van der Waals surface area contributed by atoms with E-state index in [-0.39, 0.29) is 5.91 Å². The third kappa shape index (κ3) is 3.16. The predicted octanol–water partition coefficient (Wildman–Crippen LogP) is 0.238. The second-order valence-electron chi connectivity index (χ2n) is 3.05. The van der Waals surface area contributed by atoms with Crippen LogP contribution in [0.2, 0.25) is 0 Å². The minimum Gasteiger partial charge on any atom is -0.330 e. The lowest BCUT2D eigenvalue weighted by Gasteiger charge is -2.15. The van der Waals surface area contributed by atoms with Crippen molar-refractivity contribution in [3.8, 4) is 0 Å². The molecule has 0 atom stereocenters. The standard InChI is InChI=1S/C10H15N3O/c11-7-6-10(14)13(12)8-9-4-2-1-3-5-9/h1-5H,6-8,11-12H2. The van der Waals surface area contributed by atoms with Gasteiger partial charge in [-0.25, -0.2) is 5.84 Å². The number of carbonyl (C=O) groups excluding carboxylic acids is 1. The monoisotopic (exact) mass is 193 g/mol. The van der Waals surface area contributed by atoms with Crippen LogP contribution in [0.1, 0.15) is 12.0 Å². The van der Waals surface area contributed by atoms with E-state index < -0.39 is 0 Å². The number of rotatable bonds is 4. The summed E-state index contributed by atoms with van der Waals surface area (Å²) in [7, 11) is 0. The van der Waals surface area contributed by atoms with Crippen LogP contribution in [-0.2, 0) is 11.3 Å². The third-order valence-electron chi connectivity index (χ3n) is 1.87. The van der Waals surface area contributed by atoms with Gasteiger partial charge in [0.2, 0.25) is 5.91 Å². The Balaban J connectivity index is 2.49. The summed E-state index contributed by atoms with van der Waals surface area (Å²) in [5.74, 6) is 5.44. The zero-order valence-corrected chi connectivity index (χ0v) is 8.02. The van der Waals surface area contributed by atoms with Crippen LogP contribution in [0, 0.1) is 0 Å². The van der Waals surface area contributed by atoms with Gasteiger partial charge < -0.3 is 5.73 Å². The quantitative estimate of drug-likeness (QED) is 0.408. The van der Waals surface area contributed by atoms with Gasteiger partial charge in [-0.1, -0.05) is 30.3 Å². The van der Waals surface area contributed by atoms with E-state index in [4.69, 9.17) is 11.6 Å². The van der Waals surface area contributed by atoms with Crippen molar-refractivity contribution in [2.24, 2.45) is 11.6 Å². The fourth-order valence-corrected chi connectivity index (χ4v) is 1.14. The van der Waals surface area contributed by atoms with Crippen molar-refractivity contribution < 1.29 is 4.79 Å². The van der Waals surface area contributed by atoms with Crippen LogP contribution in [0.4, 0.5) is 0 Å². The Labute approximate surface area is 83.5 Å². The van der Waals surface area contributed by atoms with Gasteiger partial charge in [0.25, 0.3) is 0 Å². The van der Waals surface area contributed by atoms with E-state index in [0.717, 1.165) is 5.56 Å². The van der Waals surface area contributed by atoms with Gasteiger partial charge in [-0.3, -0.25) is 9.80 Å². The van der Waals surface area contributed by atoms with Gasteiger partial charge in [0.05, 0.1) is 6.54 Å². The number of benzene rings is 1. The Bertz CT molecular complexity index is 287. The van der Waals surface area contributed by atoms with Gasteiger partial charge in [0.1, 0.15) is 0 Å². The number of hydrazine groups is 1. The van der Waals surface area contributed by atoms with E-state index in [2.05, 4.69) is 0 Å². The molecule has 0 heterocycles. The van der Waals surface area contributed by atoms with E-state index in [9.17, 15) is 4.79 Å². The van der Waals surface area contributed by atoms with Gasteiger partial charge in [-0.2, -0.15) is 0 Å². The minimum absolute atomic E-state index is 0.128. The first-order valence-corrected chi connectivity index (χ1v) is 4.53. The maximum Gasteiger partial charge on any atom is 0.238 e. The molecule has 0 unspecified atom stereocenters. The Hall–Kier alpha value is -1.39. The molecule has 4 heteroatoms. The molecule has 0 bridgehead atoms. The molecule has 0 aliphatic carbocycles. The van der Waals surface area contributed by atoms with Crippen molar-refractivity contribution in [3.63, 3.8) is 0 Å². The fraction of sp³-hybridized carbons (Fsp3) is 0.300. The molecule has 0 aliphatic heterocycles. The normalized spacial score (nSPS) is 9.86.